The van der Waals surface area contributed by atoms with Crippen LogP contribution < -0.4 is 5.32 Å². The van der Waals surface area contributed by atoms with Crippen LogP contribution in [0.2, 0.25) is 5.02 Å². The molecule has 0 spiro atoms. The van der Waals surface area contributed by atoms with Crippen molar-refractivity contribution in [2.24, 2.45) is 0 Å². The second kappa shape index (κ2) is 7.48. The second-order valence-corrected chi connectivity index (χ2v) is 6.02. The van der Waals surface area contributed by atoms with Crippen molar-refractivity contribution in [1.29, 1.82) is 0 Å². The predicted molar refractivity (Wildman–Crippen MR) is 92.9 cm³/mol. The van der Waals surface area contributed by atoms with Crippen LogP contribution in [0.25, 0.3) is 0 Å². The van der Waals surface area contributed by atoms with Crippen molar-refractivity contribution < 1.29 is 9.18 Å². The first-order chi connectivity index (χ1) is 12.0. The second-order valence-electron chi connectivity index (χ2n) is 5.61. The zero-order valence-electron chi connectivity index (χ0n) is 13.6. The maximum absolute atomic E-state index is 13.7. The summed E-state index contributed by atoms with van der Waals surface area (Å²) in [5.41, 5.74) is 1.48. The Bertz CT molecular complexity index is 889. The number of rotatable bonds is 6. The Morgan fingerprint density at radius 1 is 1.32 bits per heavy atom. The summed E-state index contributed by atoms with van der Waals surface area (Å²) in [5.74, 6) is -0.262. The minimum Gasteiger partial charge on any atom is -0.308 e. The zero-order valence-corrected chi connectivity index (χ0v) is 14.4. The Balaban J connectivity index is 1.61. The first-order valence-electron chi connectivity index (χ1n) is 7.77. The molecule has 3 aromatic rings. The molecule has 2 heterocycles. The first kappa shape index (κ1) is 17.2. The number of amides is 1. The summed E-state index contributed by atoms with van der Waals surface area (Å²) in [5, 5.41) is 11.3. The molecule has 0 bridgehead atoms. The van der Waals surface area contributed by atoms with Gasteiger partial charge in [0.1, 0.15) is 10.8 Å². The van der Waals surface area contributed by atoms with Crippen molar-refractivity contribution in [3.8, 4) is 0 Å². The number of aromatic nitrogens is 4. The minimum absolute atomic E-state index is 0.215. The van der Waals surface area contributed by atoms with Gasteiger partial charge in [-0.05, 0) is 19.1 Å². The van der Waals surface area contributed by atoms with E-state index < -0.39 is 0 Å². The topological polar surface area (TPSA) is 64.7 Å². The van der Waals surface area contributed by atoms with Gasteiger partial charge in [-0.1, -0.05) is 29.8 Å². The molecule has 0 atom stereocenters. The van der Waals surface area contributed by atoms with Gasteiger partial charge < -0.3 is 5.32 Å². The highest BCUT2D eigenvalue weighted by Gasteiger charge is 2.12. The van der Waals surface area contributed by atoms with Gasteiger partial charge in [0.2, 0.25) is 5.91 Å². The van der Waals surface area contributed by atoms with Gasteiger partial charge in [0, 0.05) is 36.6 Å². The number of hydrogen-bond acceptors (Lipinski definition) is 3. The number of carbonyl (C=O) groups is 1. The van der Waals surface area contributed by atoms with Gasteiger partial charge in [0.15, 0.2) is 5.82 Å². The van der Waals surface area contributed by atoms with Gasteiger partial charge in [-0.15, -0.1) is 0 Å². The molecule has 0 saturated heterocycles. The van der Waals surface area contributed by atoms with E-state index in [-0.39, 0.29) is 30.5 Å². The molecule has 0 radical (unpaired) electrons. The SMILES string of the molecule is Cc1ccnn1CCC(=O)Nc1nn(Cc2ccccc2F)cc1Cl. The van der Waals surface area contributed by atoms with Crippen LogP contribution in [0.4, 0.5) is 10.2 Å². The Morgan fingerprint density at radius 3 is 2.84 bits per heavy atom. The van der Waals surface area contributed by atoms with Crippen LogP contribution in [0.1, 0.15) is 17.7 Å². The molecule has 6 nitrogen and oxygen atoms in total. The van der Waals surface area contributed by atoms with Crippen LogP contribution >= 0.6 is 11.6 Å². The normalized spacial score (nSPS) is 10.8. The molecule has 2 aromatic heterocycles. The lowest BCUT2D eigenvalue weighted by Gasteiger charge is -2.05. The van der Waals surface area contributed by atoms with Crippen molar-refractivity contribution in [1.82, 2.24) is 19.6 Å². The van der Waals surface area contributed by atoms with Gasteiger partial charge >= 0.3 is 0 Å². The number of carbonyl (C=O) groups excluding carboxylic acids is 1. The highest BCUT2D eigenvalue weighted by molar-refractivity contribution is 6.33. The van der Waals surface area contributed by atoms with Crippen LogP contribution in [0.3, 0.4) is 0 Å². The quantitative estimate of drug-likeness (QED) is 0.733. The molecule has 1 aromatic carbocycles. The van der Waals surface area contributed by atoms with E-state index in [9.17, 15) is 9.18 Å². The lowest BCUT2D eigenvalue weighted by molar-refractivity contribution is -0.116. The van der Waals surface area contributed by atoms with E-state index in [1.807, 2.05) is 13.0 Å². The van der Waals surface area contributed by atoms with Crippen molar-refractivity contribution in [3.63, 3.8) is 0 Å². The maximum atomic E-state index is 13.7. The monoisotopic (exact) mass is 361 g/mol. The molecule has 0 aliphatic carbocycles. The van der Waals surface area contributed by atoms with Crippen LogP contribution in [-0.2, 0) is 17.9 Å². The van der Waals surface area contributed by atoms with E-state index in [0.29, 0.717) is 17.1 Å². The Labute approximate surface area is 149 Å². The van der Waals surface area contributed by atoms with Gasteiger partial charge in [0.25, 0.3) is 0 Å². The number of hydrogen-bond donors (Lipinski definition) is 1. The van der Waals surface area contributed by atoms with Crippen LogP contribution in [-0.4, -0.2) is 25.5 Å². The van der Waals surface area contributed by atoms with Crippen LogP contribution in [0.5, 0.6) is 0 Å². The molecule has 0 unspecified atom stereocenters. The number of halogens is 2. The summed E-state index contributed by atoms with van der Waals surface area (Å²) >= 11 is 6.11. The van der Waals surface area contributed by atoms with Crippen LogP contribution in [0, 0.1) is 12.7 Å². The molecule has 0 fully saturated rings. The van der Waals surface area contributed by atoms with E-state index in [2.05, 4.69) is 15.5 Å². The van der Waals surface area contributed by atoms with Crippen molar-refractivity contribution in [2.45, 2.75) is 26.4 Å². The number of nitrogens with one attached hydrogen (secondary N) is 1. The molecule has 0 aliphatic heterocycles. The Hall–Kier alpha value is -2.67. The summed E-state index contributed by atoms with van der Waals surface area (Å²) in [6, 6.07) is 8.32. The molecule has 25 heavy (non-hydrogen) atoms. The fourth-order valence-corrected chi connectivity index (χ4v) is 2.60. The fourth-order valence-electron chi connectivity index (χ4n) is 2.40. The average molecular weight is 362 g/mol. The van der Waals surface area contributed by atoms with Crippen molar-refractivity contribution in [2.75, 3.05) is 5.32 Å². The highest BCUT2D eigenvalue weighted by Crippen LogP contribution is 2.20. The van der Waals surface area contributed by atoms with E-state index >= 15 is 0 Å². The molecular weight excluding hydrogens is 345 g/mol. The predicted octanol–water partition coefficient (Wildman–Crippen LogP) is 3.26. The summed E-state index contributed by atoms with van der Waals surface area (Å²) in [6.07, 6.45) is 3.49. The van der Waals surface area contributed by atoms with E-state index in [4.69, 9.17) is 11.6 Å². The van der Waals surface area contributed by atoms with Crippen molar-refractivity contribution >= 4 is 23.3 Å². The average Bonchev–Trinajstić information content (AvgIpc) is 3.13. The summed E-state index contributed by atoms with van der Waals surface area (Å²) in [7, 11) is 0. The maximum Gasteiger partial charge on any atom is 0.227 e. The third-order valence-electron chi connectivity index (χ3n) is 3.74. The standard InChI is InChI=1S/C17H17ClFN5O/c1-12-6-8-20-24(12)9-7-16(25)21-17-14(18)11-23(22-17)10-13-4-2-3-5-15(13)19/h2-6,8,11H,7,9-10H2,1H3,(H,21,22,25). The Morgan fingerprint density at radius 2 is 2.12 bits per heavy atom. The number of anilines is 1. The third-order valence-corrected chi connectivity index (χ3v) is 4.02. The molecule has 130 valence electrons. The van der Waals surface area contributed by atoms with Crippen molar-refractivity contribution in [3.05, 3.63) is 64.8 Å². The van der Waals surface area contributed by atoms with Crippen LogP contribution in [0.15, 0.2) is 42.7 Å². The lowest BCUT2D eigenvalue weighted by Crippen LogP contribution is -2.16. The molecule has 1 N–H and O–H groups in total. The largest absolute Gasteiger partial charge is 0.308 e. The van der Waals surface area contributed by atoms with E-state index in [1.54, 1.807) is 35.3 Å². The van der Waals surface area contributed by atoms with Gasteiger partial charge in [-0.3, -0.25) is 14.2 Å². The third kappa shape index (κ3) is 4.24. The zero-order chi connectivity index (χ0) is 17.8. The summed E-state index contributed by atoms with van der Waals surface area (Å²) in [6.45, 7) is 2.62. The molecule has 1 amide bonds. The minimum atomic E-state index is -0.311. The first-order valence-corrected chi connectivity index (χ1v) is 8.15. The molecule has 3 rings (SSSR count). The number of nitrogens with zero attached hydrogens (tertiary/aromatic N) is 4. The fraction of sp³-hybridized carbons (Fsp3) is 0.235. The van der Waals surface area contributed by atoms with Gasteiger partial charge in [-0.2, -0.15) is 10.2 Å². The summed E-state index contributed by atoms with van der Waals surface area (Å²) in [4.78, 5) is 12.1. The highest BCUT2D eigenvalue weighted by atomic mass is 35.5. The number of benzene rings is 1. The Kier molecular flexibility index (Phi) is 5.14. The van der Waals surface area contributed by atoms with E-state index in [0.717, 1.165) is 5.69 Å². The smallest absolute Gasteiger partial charge is 0.227 e. The lowest BCUT2D eigenvalue weighted by atomic mass is 10.2. The summed E-state index contributed by atoms with van der Waals surface area (Å²) < 4.78 is 17.0. The molecular formula is C17H17ClFN5O. The molecule has 0 saturated carbocycles. The van der Waals surface area contributed by atoms with E-state index in [1.165, 1.54) is 10.7 Å². The van der Waals surface area contributed by atoms with Gasteiger partial charge in [-0.25, -0.2) is 4.39 Å². The molecule has 8 heteroatoms. The number of aryl methyl sites for hydroxylation is 2. The van der Waals surface area contributed by atoms with Gasteiger partial charge in [0.05, 0.1) is 6.54 Å². The molecule has 0 aliphatic rings.